The fourth-order valence-electron chi connectivity index (χ4n) is 2.67. The van der Waals surface area contributed by atoms with Crippen molar-refractivity contribution in [3.05, 3.63) is 0 Å². The van der Waals surface area contributed by atoms with E-state index in [4.69, 9.17) is 0 Å². The van der Waals surface area contributed by atoms with Crippen LogP contribution in [-0.2, 0) is 9.59 Å². The van der Waals surface area contributed by atoms with E-state index in [1.807, 2.05) is 0 Å². The molecule has 4 nitrogen and oxygen atoms in total. The highest BCUT2D eigenvalue weighted by Crippen LogP contribution is 2.12. The van der Waals surface area contributed by atoms with Gasteiger partial charge in [0.25, 0.3) is 0 Å². The van der Waals surface area contributed by atoms with Crippen LogP contribution in [-0.4, -0.2) is 24.9 Å². The van der Waals surface area contributed by atoms with Gasteiger partial charge in [-0.25, -0.2) is 0 Å². The summed E-state index contributed by atoms with van der Waals surface area (Å²) in [6.45, 7) is 10.0. The van der Waals surface area contributed by atoms with Crippen LogP contribution in [0.4, 0.5) is 0 Å². The number of amides is 2. The van der Waals surface area contributed by atoms with E-state index in [9.17, 15) is 9.59 Å². The zero-order chi connectivity index (χ0) is 17.5. The zero-order valence-corrected chi connectivity index (χ0v) is 15.7. The molecule has 0 aliphatic carbocycles. The van der Waals surface area contributed by atoms with Crippen molar-refractivity contribution in [2.75, 3.05) is 13.1 Å². The fourth-order valence-corrected chi connectivity index (χ4v) is 2.67. The van der Waals surface area contributed by atoms with E-state index in [0.29, 0.717) is 24.9 Å². The van der Waals surface area contributed by atoms with Gasteiger partial charge in [-0.2, -0.15) is 0 Å². The van der Waals surface area contributed by atoms with Gasteiger partial charge in [0, 0.05) is 13.1 Å². The first-order chi connectivity index (χ1) is 11.1. The summed E-state index contributed by atoms with van der Waals surface area (Å²) in [5, 5.41) is 5.82. The molecule has 0 saturated heterocycles. The Labute approximate surface area is 143 Å². The Morgan fingerprint density at radius 1 is 0.739 bits per heavy atom. The summed E-state index contributed by atoms with van der Waals surface area (Å²) in [5.41, 5.74) is 0. The van der Waals surface area contributed by atoms with Crippen molar-refractivity contribution in [2.45, 2.75) is 85.5 Å². The van der Waals surface area contributed by atoms with Crippen LogP contribution in [0.25, 0.3) is 0 Å². The highest BCUT2D eigenvalue weighted by Gasteiger charge is 2.13. The van der Waals surface area contributed by atoms with Gasteiger partial charge in [0.05, 0.1) is 0 Å². The largest absolute Gasteiger partial charge is 0.355 e. The van der Waals surface area contributed by atoms with Gasteiger partial charge in [-0.3, -0.25) is 9.59 Å². The SMILES string of the molecule is CCCCC(CC)CNC(=O)CC(=O)NCC(CC)CCCC. The molecule has 0 aromatic heterocycles. The van der Waals surface area contributed by atoms with Crippen LogP contribution in [0.15, 0.2) is 0 Å². The first-order valence-corrected chi connectivity index (χ1v) is 9.60. The van der Waals surface area contributed by atoms with Crippen molar-refractivity contribution >= 4 is 11.8 Å². The smallest absolute Gasteiger partial charge is 0.229 e. The van der Waals surface area contributed by atoms with Crippen molar-refractivity contribution < 1.29 is 9.59 Å². The Hall–Kier alpha value is -1.06. The molecule has 0 aromatic rings. The predicted molar refractivity (Wildman–Crippen MR) is 97.2 cm³/mol. The summed E-state index contributed by atoms with van der Waals surface area (Å²) in [4.78, 5) is 23.7. The molecule has 0 heterocycles. The summed E-state index contributed by atoms with van der Waals surface area (Å²) >= 11 is 0. The predicted octanol–water partition coefficient (Wildman–Crippen LogP) is 4.04. The molecule has 0 rings (SSSR count). The van der Waals surface area contributed by atoms with Gasteiger partial charge in [0.2, 0.25) is 11.8 Å². The molecular formula is C19H38N2O2. The number of hydrogen-bond acceptors (Lipinski definition) is 2. The van der Waals surface area contributed by atoms with Gasteiger partial charge in [0.15, 0.2) is 0 Å². The molecule has 0 spiro atoms. The number of carbonyl (C=O) groups is 2. The Bertz CT molecular complexity index is 288. The number of carbonyl (C=O) groups excluding carboxylic acids is 2. The van der Waals surface area contributed by atoms with Crippen LogP contribution in [0.5, 0.6) is 0 Å². The van der Waals surface area contributed by atoms with Crippen LogP contribution >= 0.6 is 0 Å². The van der Waals surface area contributed by atoms with E-state index in [1.165, 1.54) is 25.7 Å². The minimum atomic E-state index is -0.154. The first kappa shape index (κ1) is 21.9. The number of nitrogens with one attached hydrogen (secondary N) is 2. The Kier molecular flexibility index (Phi) is 13.9. The summed E-state index contributed by atoms with van der Waals surface area (Å²) in [6, 6.07) is 0. The molecule has 0 saturated carbocycles. The molecule has 23 heavy (non-hydrogen) atoms. The second kappa shape index (κ2) is 14.5. The molecule has 4 heteroatoms. The molecule has 0 aromatic carbocycles. The average molecular weight is 327 g/mol. The third kappa shape index (κ3) is 12.1. The van der Waals surface area contributed by atoms with Gasteiger partial charge in [-0.15, -0.1) is 0 Å². The van der Waals surface area contributed by atoms with Crippen LogP contribution in [0.3, 0.4) is 0 Å². The summed E-state index contributed by atoms with van der Waals surface area (Å²) in [6.07, 6.45) is 9.16. The lowest BCUT2D eigenvalue weighted by Crippen LogP contribution is -2.36. The van der Waals surface area contributed by atoms with Crippen molar-refractivity contribution in [1.82, 2.24) is 10.6 Å². The number of rotatable bonds is 14. The highest BCUT2D eigenvalue weighted by atomic mass is 16.2. The third-order valence-electron chi connectivity index (χ3n) is 4.58. The van der Waals surface area contributed by atoms with E-state index in [-0.39, 0.29) is 18.2 Å². The van der Waals surface area contributed by atoms with Crippen molar-refractivity contribution in [1.29, 1.82) is 0 Å². The molecule has 0 aliphatic heterocycles. The quantitative estimate of drug-likeness (QED) is 0.473. The van der Waals surface area contributed by atoms with Crippen molar-refractivity contribution in [2.24, 2.45) is 11.8 Å². The van der Waals surface area contributed by atoms with Gasteiger partial charge in [0.1, 0.15) is 6.42 Å². The maximum Gasteiger partial charge on any atom is 0.229 e. The zero-order valence-electron chi connectivity index (χ0n) is 15.7. The number of hydrogen-bond donors (Lipinski definition) is 2. The molecule has 0 radical (unpaired) electrons. The van der Waals surface area contributed by atoms with E-state index in [1.54, 1.807) is 0 Å². The van der Waals surface area contributed by atoms with Gasteiger partial charge >= 0.3 is 0 Å². The average Bonchev–Trinajstić information content (AvgIpc) is 2.55. The summed E-state index contributed by atoms with van der Waals surface area (Å²) in [5.74, 6) is 0.749. The molecule has 2 atom stereocenters. The third-order valence-corrected chi connectivity index (χ3v) is 4.58. The lowest BCUT2D eigenvalue weighted by atomic mass is 9.99. The maximum atomic E-state index is 11.9. The number of unbranched alkanes of at least 4 members (excludes halogenated alkanes) is 2. The normalized spacial score (nSPS) is 13.4. The maximum absolute atomic E-state index is 11.9. The highest BCUT2D eigenvalue weighted by molar-refractivity contribution is 5.96. The van der Waals surface area contributed by atoms with Gasteiger partial charge < -0.3 is 10.6 Å². The Morgan fingerprint density at radius 2 is 1.13 bits per heavy atom. The minimum Gasteiger partial charge on any atom is -0.355 e. The van der Waals surface area contributed by atoms with Crippen LogP contribution in [0.1, 0.15) is 85.5 Å². The lowest BCUT2D eigenvalue weighted by molar-refractivity contribution is -0.129. The van der Waals surface area contributed by atoms with Crippen molar-refractivity contribution in [3.63, 3.8) is 0 Å². The fraction of sp³-hybridized carbons (Fsp3) is 0.895. The molecule has 0 bridgehead atoms. The monoisotopic (exact) mass is 326 g/mol. The molecule has 136 valence electrons. The van der Waals surface area contributed by atoms with Gasteiger partial charge in [-0.1, -0.05) is 66.2 Å². The molecule has 0 fully saturated rings. The summed E-state index contributed by atoms with van der Waals surface area (Å²) < 4.78 is 0. The molecular weight excluding hydrogens is 288 g/mol. The summed E-state index contributed by atoms with van der Waals surface area (Å²) in [7, 11) is 0. The Morgan fingerprint density at radius 3 is 1.43 bits per heavy atom. The molecule has 2 amide bonds. The first-order valence-electron chi connectivity index (χ1n) is 9.60. The van der Waals surface area contributed by atoms with Crippen LogP contribution < -0.4 is 10.6 Å². The second-order valence-corrected chi connectivity index (χ2v) is 6.62. The molecule has 2 N–H and O–H groups in total. The van der Waals surface area contributed by atoms with E-state index in [2.05, 4.69) is 38.3 Å². The van der Waals surface area contributed by atoms with Crippen LogP contribution in [0, 0.1) is 11.8 Å². The molecule has 0 aliphatic rings. The minimum absolute atomic E-state index is 0.0472. The molecule has 2 unspecified atom stereocenters. The van der Waals surface area contributed by atoms with E-state index in [0.717, 1.165) is 25.7 Å². The standard InChI is InChI=1S/C19H38N2O2/c1-5-9-11-16(7-3)14-20-18(22)13-19(23)21-15-17(8-4)12-10-6-2/h16-17H,5-15H2,1-4H3,(H,20,22)(H,21,23). The topological polar surface area (TPSA) is 58.2 Å². The lowest BCUT2D eigenvalue weighted by Gasteiger charge is -2.16. The second-order valence-electron chi connectivity index (χ2n) is 6.62. The van der Waals surface area contributed by atoms with Crippen LogP contribution in [0.2, 0.25) is 0 Å². The van der Waals surface area contributed by atoms with Gasteiger partial charge in [-0.05, 0) is 24.7 Å². The van der Waals surface area contributed by atoms with Crippen molar-refractivity contribution in [3.8, 4) is 0 Å². The Balaban J connectivity index is 3.93. The van der Waals surface area contributed by atoms with E-state index >= 15 is 0 Å². The van der Waals surface area contributed by atoms with E-state index < -0.39 is 0 Å².